The molecule has 0 unspecified atom stereocenters. The van der Waals surface area contributed by atoms with Crippen LogP contribution in [-0.2, 0) is 24.0 Å². The number of alkyl halides is 3. The summed E-state index contributed by atoms with van der Waals surface area (Å²) < 4.78 is 45.3. The molecule has 0 spiro atoms. The minimum absolute atomic E-state index is 0.151. The molecule has 2 aromatic carbocycles. The maximum Gasteiger partial charge on any atom is 0.416 e. The summed E-state index contributed by atoms with van der Waals surface area (Å²) in [7, 11) is 0. The van der Waals surface area contributed by atoms with E-state index in [0.717, 1.165) is 33.0 Å². The summed E-state index contributed by atoms with van der Waals surface area (Å²) in [6.07, 6.45) is -4.53. The van der Waals surface area contributed by atoms with E-state index in [1.54, 1.807) is 0 Å². The van der Waals surface area contributed by atoms with Crippen LogP contribution in [0.1, 0.15) is 26.7 Å². The average Bonchev–Trinajstić information content (AvgIpc) is 3.29. The van der Waals surface area contributed by atoms with Crippen molar-refractivity contribution in [2.75, 3.05) is 0 Å². The molecule has 4 rings (SSSR count). The van der Waals surface area contributed by atoms with Gasteiger partial charge in [-0.05, 0) is 37.6 Å². The summed E-state index contributed by atoms with van der Waals surface area (Å²) in [6.45, 7) is 3.93. The highest BCUT2D eigenvalue weighted by Gasteiger charge is 2.30. The fourth-order valence-electron chi connectivity index (χ4n) is 3.13. The lowest BCUT2D eigenvalue weighted by atomic mass is 10.1. The Labute approximate surface area is 189 Å². The summed E-state index contributed by atoms with van der Waals surface area (Å²) in [4.78, 5) is 20.8. The highest BCUT2D eigenvalue weighted by molar-refractivity contribution is 7.18. The number of carbonyl (C=O) groups is 1. The molecule has 0 amide bonds. The van der Waals surface area contributed by atoms with Gasteiger partial charge in [0.05, 0.1) is 27.3 Å². The molecule has 2 heterocycles. The molecule has 0 fully saturated rings. The van der Waals surface area contributed by atoms with Crippen LogP contribution in [0.25, 0.3) is 20.8 Å². The van der Waals surface area contributed by atoms with Gasteiger partial charge in [0.15, 0.2) is 0 Å². The second-order valence-corrected chi connectivity index (χ2v) is 9.33. The van der Waals surface area contributed by atoms with Crippen LogP contribution < -0.4 is 4.74 Å². The van der Waals surface area contributed by atoms with E-state index in [9.17, 15) is 18.0 Å². The van der Waals surface area contributed by atoms with Crippen LogP contribution in [0.2, 0.25) is 0 Å². The Morgan fingerprint density at radius 3 is 2.44 bits per heavy atom. The highest BCUT2D eigenvalue weighted by Crippen LogP contribution is 2.36. The van der Waals surface area contributed by atoms with Gasteiger partial charge in [0.1, 0.15) is 27.9 Å². The van der Waals surface area contributed by atoms with Crippen LogP contribution in [0.15, 0.2) is 36.4 Å². The number of hydrogen-bond donors (Lipinski definition) is 1. The van der Waals surface area contributed by atoms with Gasteiger partial charge in [0.2, 0.25) is 0 Å². The Hall–Kier alpha value is -2.98. The Morgan fingerprint density at radius 2 is 1.78 bits per heavy atom. The zero-order valence-corrected chi connectivity index (χ0v) is 18.6. The van der Waals surface area contributed by atoms with Crippen molar-refractivity contribution in [3.63, 3.8) is 0 Å². The molecule has 1 N–H and O–H groups in total. The van der Waals surface area contributed by atoms with Crippen LogP contribution in [0, 0.1) is 13.8 Å². The van der Waals surface area contributed by atoms with E-state index in [4.69, 9.17) is 9.84 Å². The number of carboxylic acid groups (broad SMARTS) is 1. The molecule has 2 aromatic heterocycles. The lowest BCUT2D eigenvalue weighted by molar-refractivity contribution is -0.138. The van der Waals surface area contributed by atoms with E-state index in [2.05, 4.69) is 9.97 Å². The lowest BCUT2D eigenvalue weighted by Crippen LogP contribution is -2.03. The minimum atomic E-state index is -4.38. The molecule has 0 aliphatic carbocycles. The third-order valence-electron chi connectivity index (χ3n) is 4.76. The van der Waals surface area contributed by atoms with Gasteiger partial charge >= 0.3 is 12.1 Å². The number of aliphatic carboxylic acids is 1. The molecular formula is C22H17F3N2O3S2. The molecule has 32 heavy (non-hydrogen) atoms. The molecule has 4 aromatic rings. The Morgan fingerprint density at radius 1 is 1.06 bits per heavy atom. The minimum Gasteiger partial charge on any atom is -0.485 e. The predicted octanol–water partition coefficient (Wildman–Crippen LogP) is 6.26. The monoisotopic (exact) mass is 478 g/mol. The Kier molecular flexibility index (Phi) is 5.91. The predicted molar refractivity (Wildman–Crippen MR) is 117 cm³/mol. The first-order valence-electron chi connectivity index (χ1n) is 9.49. The number of rotatable bonds is 6. The van der Waals surface area contributed by atoms with Crippen molar-refractivity contribution in [2.45, 2.75) is 33.1 Å². The van der Waals surface area contributed by atoms with Gasteiger partial charge in [-0.25, -0.2) is 9.97 Å². The SMILES string of the molecule is Cc1ccc2sc(CC(=O)O)nc2c1OCc1sc(-c2ccc(C(F)(F)F)cc2)nc1C. The van der Waals surface area contributed by atoms with Gasteiger partial charge in [-0.2, -0.15) is 13.2 Å². The molecule has 0 atom stereocenters. The van der Waals surface area contributed by atoms with Crippen LogP contribution in [0.4, 0.5) is 13.2 Å². The number of hydrogen-bond acceptors (Lipinski definition) is 6. The zero-order valence-electron chi connectivity index (χ0n) is 17.0. The summed E-state index contributed by atoms with van der Waals surface area (Å²) in [5.74, 6) is -0.362. The Bertz CT molecular complexity index is 1290. The third-order valence-corrected chi connectivity index (χ3v) is 6.96. The molecule has 10 heteroatoms. The van der Waals surface area contributed by atoms with E-state index >= 15 is 0 Å². The first-order valence-corrected chi connectivity index (χ1v) is 11.1. The number of thiazole rings is 2. The van der Waals surface area contributed by atoms with E-state index in [1.807, 2.05) is 26.0 Å². The number of fused-ring (bicyclic) bond motifs is 1. The summed E-state index contributed by atoms with van der Waals surface area (Å²) in [5.41, 5.74) is 2.13. The highest BCUT2D eigenvalue weighted by atomic mass is 32.1. The van der Waals surface area contributed by atoms with E-state index < -0.39 is 17.7 Å². The summed E-state index contributed by atoms with van der Waals surface area (Å²) in [5, 5.41) is 10.1. The topological polar surface area (TPSA) is 72.3 Å². The number of halogens is 3. The van der Waals surface area contributed by atoms with Crippen molar-refractivity contribution in [1.29, 1.82) is 0 Å². The fraction of sp³-hybridized carbons (Fsp3) is 0.227. The molecule has 0 saturated carbocycles. The van der Waals surface area contributed by atoms with E-state index in [-0.39, 0.29) is 13.0 Å². The van der Waals surface area contributed by atoms with Gasteiger partial charge < -0.3 is 9.84 Å². The van der Waals surface area contributed by atoms with Crippen molar-refractivity contribution in [2.24, 2.45) is 0 Å². The molecule has 5 nitrogen and oxygen atoms in total. The number of nitrogens with zero attached hydrogens (tertiary/aromatic N) is 2. The molecule has 0 saturated heterocycles. The van der Waals surface area contributed by atoms with E-state index in [0.29, 0.717) is 26.8 Å². The van der Waals surface area contributed by atoms with Gasteiger partial charge in [0.25, 0.3) is 0 Å². The van der Waals surface area contributed by atoms with Gasteiger partial charge in [-0.15, -0.1) is 22.7 Å². The number of aromatic nitrogens is 2. The van der Waals surface area contributed by atoms with Crippen LogP contribution >= 0.6 is 22.7 Å². The van der Waals surface area contributed by atoms with Crippen molar-refractivity contribution in [3.05, 3.63) is 63.1 Å². The van der Waals surface area contributed by atoms with Crippen molar-refractivity contribution >= 4 is 38.9 Å². The second-order valence-electron chi connectivity index (χ2n) is 7.13. The molecule has 166 valence electrons. The van der Waals surface area contributed by atoms with Gasteiger partial charge in [-0.1, -0.05) is 18.2 Å². The number of aryl methyl sites for hydroxylation is 2. The Balaban J connectivity index is 1.57. The fourth-order valence-corrected chi connectivity index (χ4v) is 5.07. The molecular weight excluding hydrogens is 461 g/mol. The first kappa shape index (κ1) is 22.2. The largest absolute Gasteiger partial charge is 0.485 e. The van der Waals surface area contributed by atoms with Crippen LogP contribution in [-0.4, -0.2) is 21.0 Å². The smallest absolute Gasteiger partial charge is 0.416 e. The number of ether oxygens (including phenoxy) is 1. The van der Waals surface area contributed by atoms with E-state index in [1.165, 1.54) is 34.8 Å². The summed E-state index contributed by atoms with van der Waals surface area (Å²) in [6, 6.07) is 8.70. The molecule has 0 radical (unpaired) electrons. The normalized spacial score (nSPS) is 11.8. The molecule has 0 aliphatic rings. The third kappa shape index (κ3) is 4.61. The molecule has 0 aliphatic heterocycles. The van der Waals surface area contributed by atoms with Crippen molar-refractivity contribution in [1.82, 2.24) is 9.97 Å². The van der Waals surface area contributed by atoms with Crippen LogP contribution in [0.5, 0.6) is 5.75 Å². The van der Waals surface area contributed by atoms with Crippen molar-refractivity contribution in [3.8, 4) is 16.3 Å². The van der Waals surface area contributed by atoms with Gasteiger partial charge in [-0.3, -0.25) is 4.79 Å². The maximum absolute atomic E-state index is 12.8. The standard InChI is InChI=1S/C22H17F3N2O3S2/c1-11-3-8-15-19(27-17(31-15)9-18(28)29)20(11)30-10-16-12(2)26-21(32-16)13-4-6-14(7-5-13)22(23,24)25/h3-8H,9-10H2,1-2H3,(H,28,29). The zero-order chi connectivity index (χ0) is 23.0. The van der Waals surface area contributed by atoms with Gasteiger partial charge in [0, 0.05) is 5.56 Å². The first-order chi connectivity index (χ1) is 15.1. The maximum atomic E-state index is 12.8. The lowest BCUT2D eigenvalue weighted by Gasteiger charge is -2.09. The van der Waals surface area contributed by atoms with Crippen LogP contribution in [0.3, 0.4) is 0 Å². The quantitative estimate of drug-likeness (QED) is 0.354. The number of benzene rings is 2. The second kappa shape index (κ2) is 8.51. The molecule has 0 bridgehead atoms. The average molecular weight is 479 g/mol. The van der Waals surface area contributed by atoms with Crippen molar-refractivity contribution < 1.29 is 27.8 Å². The summed E-state index contributed by atoms with van der Waals surface area (Å²) >= 11 is 2.67. The number of carboxylic acids is 1.